The van der Waals surface area contributed by atoms with Crippen LogP contribution in [-0.2, 0) is 0 Å². The van der Waals surface area contributed by atoms with Crippen LogP contribution in [-0.4, -0.2) is 10.9 Å². The summed E-state index contributed by atoms with van der Waals surface area (Å²) in [5, 5.41) is 0. The second-order valence-corrected chi connectivity index (χ2v) is 7.32. The van der Waals surface area contributed by atoms with E-state index in [1.165, 1.54) is 11.1 Å². The molecule has 0 bridgehead atoms. The minimum atomic E-state index is -0.0852. The van der Waals surface area contributed by atoms with Gasteiger partial charge in [0.2, 0.25) is 0 Å². The third-order valence-electron chi connectivity index (χ3n) is 5.55. The molecule has 0 aliphatic heterocycles. The molecule has 138 valence electrons. The predicted octanol–water partition coefficient (Wildman–Crippen LogP) is 5.17. The molecule has 1 heterocycles. The fraction of sp³-hybridized carbons (Fsp3) is 0.250. The normalized spacial score (nSPS) is 10.9. The van der Waals surface area contributed by atoms with Gasteiger partial charge in [0.05, 0.1) is 5.69 Å². The first-order valence-electron chi connectivity index (χ1n) is 9.13. The fourth-order valence-corrected chi connectivity index (χ4v) is 3.50. The van der Waals surface area contributed by atoms with Crippen molar-refractivity contribution in [2.24, 2.45) is 0 Å². The van der Waals surface area contributed by atoms with Crippen LogP contribution in [0.3, 0.4) is 0 Å². The van der Waals surface area contributed by atoms with E-state index in [2.05, 4.69) is 19.9 Å². The number of pyridine rings is 1. The smallest absolute Gasteiger partial charge is 0.193 e. The average Bonchev–Trinajstić information content (AvgIpc) is 2.63. The maximum absolute atomic E-state index is 13.1. The number of hydrogen-bond acceptors (Lipinski definition) is 2. The number of hydrogen-bond donors (Lipinski definition) is 0. The van der Waals surface area contributed by atoms with E-state index in [-0.39, 0.29) is 5.43 Å². The molecule has 0 radical (unpaired) electrons. The van der Waals surface area contributed by atoms with Crippen LogP contribution in [0.25, 0.3) is 16.8 Å². The van der Waals surface area contributed by atoms with Gasteiger partial charge in [0.15, 0.2) is 11.7 Å². The summed E-state index contributed by atoms with van der Waals surface area (Å²) >= 11 is 0. The Labute approximate surface area is 160 Å². The third kappa shape index (κ3) is 3.14. The van der Waals surface area contributed by atoms with E-state index >= 15 is 0 Å². The van der Waals surface area contributed by atoms with Gasteiger partial charge in [-0.25, -0.2) is 0 Å². The van der Waals surface area contributed by atoms with Crippen molar-refractivity contribution in [2.75, 3.05) is 0 Å². The highest BCUT2D eigenvalue weighted by atomic mass is 16.1. The van der Waals surface area contributed by atoms with Gasteiger partial charge < -0.3 is 4.57 Å². The topological polar surface area (TPSA) is 39.1 Å². The Bertz CT molecular complexity index is 1120. The highest BCUT2D eigenvalue weighted by Gasteiger charge is 2.19. The van der Waals surface area contributed by atoms with Gasteiger partial charge in [0, 0.05) is 22.5 Å². The Morgan fingerprint density at radius 3 is 1.93 bits per heavy atom. The molecule has 0 aliphatic carbocycles. The molecule has 3 aromatic rings. The van der Waals surface area contributed by atoms with Crippen molar-refractivity contribution < 1.29 is 4.79 Å². The number of aryl methyl sites for hydroxylation is 4. The Morgan fingerprint density at radius 1 is 0.778 bits per heavy atom. The number of rotatable bonds is 3. The summed E-state index contributed by atoms with van der Waals surface area (Å²) in [5.74, 6) is 0. The lowest BCUT2D eigenvalue weighted by molar-refractivity contribution is 0.111. The van der Waals surface area contributed by atoms with Crippen LogP contribution in [0.2, 0.25) is 0 Å². The average molecular weight is 359 g/mol. The first kappa shape index (κ1) is 18.8. The Balaban J connectivity index is 2.41. The zero-order valence-electron chi connectivity index (χ0n) is 16.8. The van der Waals surface area contributed by atoms with Crippen LogP contribution in [0.4, 0.5) is 0 Å². The van der Waals surface area contributed by atoms with Gasteiger partial charge in [-0.3, -0.25) is 9.59 Å². The van der Waals surface area contributed by atoms with Gasteiger partial charge in [-0.15, -0.1) is 0 Å². The van der Waals surface area contributed by atoms with Gasteiger partial charge in [-0.05, 0) is 81.5 Å². The molecule has 27 heavy (non-hydrogen) atoms. The molecule has 3 rings (SSSR count). The van der Waals surface area contributed by atoms with Crippen molar-refractivity contribution in [3.8, 4) is 16.8 Å². The van der Waals surface area contributed by atoms with Gasteiger partial charge in [-0.2, -0.15) is 0 Å². The second-order valence-electron chi connectivity index (χ2n) is 7.32. The lowest BCUT2D eigenvalue weighted by atomic mass is 9.96. The van der Waals surface area contributed by atoms with E-state index in [1.54, 1.807) is 6.92 Å². The van der Waals surface area contributed by atoms with E-state index in [9.17, 15) is 9.59 Å². The largest absolute Gasteiger partial charge is 0.310 e. The molecule has 0 unspecified atom stereocenters. The fourth-order valence-electron chi connectivity index (χ4n) is 3.50. The molecule has 0 amide bonds. The quantitative estimate of drug-likeness (QED) is 0.605. The number of benzene rings is 2. The number of carbonyl (C=O) groups is 1. The van der Waals surface area contributed by atoms with Gasteiger partial charge in [-0.1, -0.05) is 24.3 Å². The first-order chi connectivity index (χ1) is 12.8. The summed E-state index contributed by atoms with van der Waals surface area (Å²) in [6.07, 6.45) is 0.781. The molecule has 0 fully saturated rings. The van der Waals surface area contributed by atoms with E-state index in [4.69, 9.17) is 0 Å². The molecular weight excluding hydrogens is 334 g/mol. The molecule has 1 aromatic heterocycles. The van der Waals surface area contributed by atoms with Crippen molar-refractivity contribution >= 4 is 6.29 Å². The van der Waals surface area contributed by atoms with Crippen molar-refractivity contribution in [3.63, 3.8) is 0 Å². The summed E-state index contributed by atoms with van der Waals surface area (Å²) in [5.41, 5.74) is 8.67. The van der Waals surface area contributed by atoms with Gasteiger partial charge in [0.1, 0.15) is 0 Å². The monoisotopic (exact) mass is 359 g/mol. The SMILES string of the molecule is Cc1ccc(-c2c(C)n(-c3ccc(C)c(C)c3)c(C=O)c(C)c2=O)cc1C. The number of aldehydes is 1. The van der Waals surface area contributed by atoms with Gasteiger partial charge >= 0.3 is 0 Å². The van der Waals surface area contributed by atoms with Crippen LogP contribution in [0.5, 0.6) is 0 Å². The summed E-state index contributed by atoms with van der Waals surface area (Å²) in [6, 6.07) is 12.2. The molecule has 0 spiro atoms. The van der Waals surface area contributed by atoms with Crippen LogP contribution >= 0.6 is 0 Å². The number of nitrogens with zero attached hydrogens (tertiary/aromatic N) is 1. The van der Waals surface area contributed by atoms with E-state index < -0.39 is 0 Å². The molecular formula is C24H25NO2. The first-order valence-corrected chi connectivity index (χ1v) is 9.13. The summed E-state index contributed by atoms with van der Waals surface area (Å²) in [4.78, 5) is 25.0. The Kier molecular flexibility index (Phi) is 4.88. The minimum Gasteiger partial charge on any atom is -0.310 e. The van der Waals surface area contributed by atoms with Crippen molar-refractivity contribution in [2.45, 2.75) is 41.5 Å². The lowest BCUT2D eigenvalue weighted by Crippen LogP contribution is -2.21. The molecule has 0 saturated heterocycles. The second kappa shape index (κ2) is 6.99. The predicted molar refractivity (Wildman–Crippen MR) is 111 cm³/mol. The van der Waals surface area contributed by atoms with E-state index in [0.29, 0.717) is 16.8 Å². The molecule has 3 nitrogen and oxygen atoms in total. The summed E-state index contributed by atoms with van der Waals surface area (Å²) in [7, 11) is 0. The lowest BCUT2D eigenvalue weighted by Gasteiger charge is -2.20. The minimum absolute atomic E-state index is 0.0852. The van der Waals surface area contributed by atoms with Crippen LogP contribution in [0.1, 0.15) is 44.0 Å². The highest BCUT2D eigenvalue weighted by molar-refractivity contribution is 5.80. The third-order valence-corrected chi connectivity index (χ3v) is 5.55. The standard InChI is InChI=1S/C24H25NO2/c1-14-7-9-20(11-16(14)3)23-19(6)25(22(13-26)18(5)24(23)27)21-10-8-15(2)17(4)12-21/h7-13H,1-6H3. The van der Waals surface area contributed by atoms with Crippen molar-refractivity contribution in [1.82, 2.24) is 4.57 Å². The van der Waals surface area contributed by atoms with Crippen molar-refractivity contribution in [1.29, 1.82) is 0 Å². The Hall–Kier alpha value is -2.94. The molecule has 0 aliphatic rings. The molecule has 0 saturated carbocycles. The van der Waals surface area contributed by atoms with Crippen LogP contribution in [0.15, 0.2) is 41.2 Å². The molecule has 0 N–H and O–H groups in total. The molecule has 2 aromatic carbocycles. The molecule has 3 heteroatoms. The highest BCUT2D eigenvalue weighted by Crippen LogP contribution is 2.27. The number of carbonyl (C=O) groups excluding carboxylic acids is 1. The molecule has 0 atom stereocenters. The maximum atomic E-state index is 13.1. The summed E-state index contributed by atoms with van der Waals surface area (Å²) in [6.45, 7) is 11.8. The zero-order valence-corrected chi connectivity index (χ0v) is 16.8. The Morgan fingerprint density at radius 2 is 1.37 bits per heavy atom. The van der Waals surface area contributed by atoms with Crippen LogP contribution < -0.4 is 5.43 Å². The van der Waals surface area contributed by atoms with Crippen LogP contribution in [0, 0.1) is 41.5 Å². The summed E-state index contributed by atoms with van der Waals surface area (Å²) < 4.78 is 1.90. The van der Waals surface area contributed by atoms with E-state index in [1.807, 2.05) is 55.7 Å². The zero-order chi connectivity index (χ0) is 19.9. The van der Waals surface area contributed by atoms with Gasteiger partial charge in [0.25, 0.3) is 0 Å². The van der Waals surface area contributed by atoms with Crippen molar-refractivity contribution in [3.05, 3.63) is 85.8 Å². The van der Waals surface area contributed by atoms with E-state index in [0.717, 1.165) is 34.4 Å². The maximum Gasteiger partial charge on any atom is 0.193 e. The number of aromatic nitrogens is 1.